The summed E-state index contributed by atoms with van der Waals surface area (Å²) in [6.07, 6.45) is 2.81. The number of amides is 1. The van der Waals surface area contributed by atoms with E-state index in [1.54, 1.807) is 36.4 Å². The van der Waals surface area contributed by atoms with Crippen molar-refractivity contribution in [2.24, 2.45) is 5.10 Å². The summed E-state index contributed by atoms with van der Waals surface area (Å²) in [5, 5.41) is 24.6. The second-order valence-electron chi connectivity index (χ2n) is 5.16. The molecule has 0 aliphatic heterocycles. The van der Waals surface area contributed by atoms with Gasteiger partial charge >= 0.3 is 0 Å². The van der Waals surface area contributed by atoms with Crippen LogP contribution in [0.1, 0.15) is 5.56 Å². The minimum Gasteiger partial charge on any atom is -0.506 e. The molecular weight excluding hydrogens is 484 g/mol. The lowest BCUT2D eigenvalue weighted by molar-refractivity contribution is -0.123. The summed E-state index contributed by atoms with van der Waals surface area (Å²) in [4.78, 5) is 11.8. The Bertz CT molecular complexity index is 961. The smallest absolute Gasteiger partial charge is 0.277 e. The third-order valence-electron chi connectivity index (χ3n) is 3.27. The van der Waals surface area contributed by atoms with Crippen molar-refractivity contribution in [3.05, 3.63) is 57.2 Å². The third-order valence-corrected chi connectivity index (χ3v) is 4.33. The molecule has 2 aromatic carbocycles. The zero-order valence-corrected chi connectivity index (χ0v) is 16.8. The van der Waals surface area contributed by atoms with E-state index < -0.39 is 5.91 Å². The van der Waals surface area contributed by atoms with Gasteiger partial charge in [-0.25, -0.2) is 10.1 Å². The molecule has 9 nitrogen and oxygen atoms in total. The number of aromatic nitrogens is 4. The highest BCUT2D eigenvalue weighted by Gasteiger charge is 2.06. The minimum atomic E-state index is -0.440. The van der Waals surface area contributed by atoms with Crippen LogP contribution in [-0.2, 0) is 4.79 Å². The summed E-state index contributed by atoms with van der Waals surface area (Å²) < 4.78 is 8.16. The van der Waals surface area contributed by atoms with Crippen LogP contribution < -0.4 is 10.2 Å². The number of tetrazole rings is 1. The van der Waals surface area contributed by atoms with Gasteiger partial charge in [-0.3, -0.25) is 4.79 Å². The number of hydrogen-bond donors (Lipinski definition) is 2. The number of ether oxygens (including phenoxy) is 1. The summed E-state index contributed by atoms with van der Waals surface area (Å²) in [7, 11) is 0. The van der Waals surface area contributed by atoms with E-state index in [9.17, 15) is 9.90 Å². The second-order valence-corrected chi connectivity index (χ2v) is 6.93. The van der Waals surface area contributed by atoms with Gasteiger partial charge in [0.2, 0.25) is 0 Å². The Morgan fingerprint density at radius 2 is 2.07 bits per heavy atom. The largest absolute Gasteiger partial charge is 0.506 e. The van der Waals surface area contributed by atoms with Crippen molar-refractivity contribution in [3.63, 3.8) is 0 Å². The molecule has 27 heavy (non-hydrogen) atoms. The third kappa shape index (κ3) is 5.11. The SMILES string of the molecule is O=C(COc1ccc(-n2cnnn2)cc1)NN=Cc1cc(Br)cc(Br)c1O. The van der Waals surface area contributed by atoms with Gasteiger partial charge in [0.25, 0.3) is 5.91 Å². The number of halogens is 2. The number of hydrazone groups is 1. The van der Waals surface area contributed by atoms with E-state index in [1.165, 1.54) is 17.2 Å². The van der Waals surface area contributed by atoms with Gasteiger partial charge in [0.15, 0.2) is 6.61 Å². The van der Waals surface area contributed by atoms with Gasteiger partial charge < -0.3 is 9.84 Å². The normalized spacial score (nSPS) is 10.9. The molecule has 3 aromatic rings. The molecule has 3 rings (SSSR count). The molecule has 0 bridgehead atoms. The number of aromatic hydroxyl groups is 1. The molecule has 0 unspecified atom stereocenters. The molecule has 138 valence electrons. The van der Waals surface area contributed by atoms with Crippen LogP contribution in [0, 0.1) is 0 Å². The lowest BCUT2D eigenvalue weighted by atomic mass is 10.2. The summed E-state index contributed by atoms with van der Waals surface area (Å²) >= 11 is 6.54. The quantitative estimate of drug-likeness (QED) is 0.401. The fraction of sp³-hybridized carbons (Fsp3) is 0.0625. The van der Waals surface area contributed by atoms with E-state index in [4.69, 9.17) is 4.74 Å². The summed E-state index contributed by atoms with van der Waals surface area (Å²) in [6.45, 7) is -0.213. The van der Waals surface area contributed by atoms with E-state index in [1.807, 2.05) is 0 Å². The number of rotatable bonds is 6. The molecule has 0 spiro atoms. The van der Waals surface area contributed by atoms with E-state index in [-0.39, 0.29) is 12.4 Å². The molecule has 0 atom stereocenters. The molecule has 0 aliphatic rings. The summed E-state index contributed by atoms with van der Waals surface area (Å²) in [5.74, 6) is 0.0963. The van der Waals surface area contributed by atoms with E-state index in [2.05, 4.69) is 57.9 Å². The Morgan fingerprint density at radius 3 is 2.78 bits per heavy atom. The number of hydrogen-bond acceptors (Lipinski definition) is 7. The lowest BCUT2D eigenvalue weighted by Crippen LogP contribution is -2.24. The molecule has 1 aromatic heterocycles. The van der Waals surface area contributed by atoms with Crippen molar-refractivity contribution in [1.29, 1.82) is 0 Å². The van der Waals surface area contributed by atoms with Crippen molar-refractivity contribution in [2.45, 2.75) is 0 Å². The van der Waals surface area contributed by atoms with Crippen LogP contribution in [0.15, 0.2) is 56.8 Å². The lowest BCUT2D eigenvalue weighted by Gasteiger charge is -2.06. The van der Waals surface area contributed by atoms with Gasteiger partial charge in [0, 0.05) is 10.0 Å². The molecular formula is C16H12Br2N6O3. The van der Waals surface area contributed by atoms with E-state index in [0.29, 0.717) is 15.8 Å². The molecule has 2 N–H and O–H groups in total. The molecule has 0 fully saturated rings. The number of phenolic OH excluding ortho intramolecular Hbond substituents is 1. The molecule has 1 amide bonds. The van der Waals surface area contributed by atoms with Crippen LogP contribution in [0.5, 0.6) is 11.5 Å². The van der Waals surface area contributed by atoms with Gasteiger partial charge in [-0.1, -0.05) is 15.9 Å². The Hall–Kier alpha value is -2.79. The Kier molecular flexibility index (Phi) is 6.14. The Morgan fingerprint density at radius 1 is 1.30 bits per heavy atom. The number of carbonyl (C=O) groups excluding carboxylic acids is 1. The van der Waals surface area contributed by atoms with Gasteiger partial charge in [-0.05, 0) is 62.8 Å². The van der Waals surface area contributed by atoms with Crippen LogP contribution >= 0.6 is 31.9 Å². The zero-order valence-electron chi connectivity index (χ0n) is 13.6. The second kappa shape index (κ2) is 8.73. The van der Waals surface area contributed by atoms with Gasteiger partial charge in [0.1, 0.15) is 17.8 Å². The zero-order chi connectivity index (χ0) is 19.2. The van der Waals surface area contributed by atoms with Crippen molar-refractivity contribution >= 4 is 44.0 Å². The van der Waals surface area contributed by atoms with E-state index >= 15 is 0 Å². The highest BCUT2D eigenvalue weighted by atomic mass is 79.9. The first-order chi connectivity index (χ1) is 13.0. The highest BCUT2D eigenvalue weighted by Crippen LogP contribution is 2.30. The maximum absolute atomic E-state index is 11.8. The van der Waals surface area contributed by atoms with Crippen molar-refractivity contribution in [2.75, 3.05) is 6.61 Å². The monoisotopic (exact) mass is 494 g/mol. The Balaban J connectivity index is 1.51. The van der Waals surface area contributed by atoms with Crippen molar-refractivity contribution in [1.82, 2.24) is 25.6 Å². The topological polar surface area (TPSA) is 115 Å². The van der Waals surface area contributed by atoms with Gasteiger partial charge in [-0.2, -0.15) is 5.10 Å². The molecule has 0 saturated heterocycles. The number of nitrogens with zero attached hydrogens (tertiary/aromatic N) is 5. The number of benzene rings is 2. The molecule has 0 aliphatic carbocycles. The van der Waals surface area contributed by atoms with Crippen molar-refractivity contribution in [3.8, 4) is 17.2 Å². The maximum atomic E-state index is 11.8. The fourth-order valence-electron chi connectivity index (χ4n) is 2.01. The molecule has 0 radical (unpaired) electrons. The highest BCUT2D eigenvalue weighted by molar-refractivity contribution is 9.11. The number of nitrogens with one attached hydrogen (secondary N) is 1. The molecule has 0 saturated carbocycles. The van der Waals surface area contributed by atoms with Crippen LogP contribution in [0.2, 0.25) is 0 Å². The maximum Gasteiger partial charge on any atom is 0.277 e. The van der Waals surface area contributed by atoms with Gasteiger partial charge in [-0.15, -0.1) is 5.10 Å². The predicted octanol–water partition coefficient (Wildman–Crippen LogP) is 2.42. The van der Waals surface area contributed by atoms with Crippen LogP contribution in [-0.4, -0.2) is 44.0 Å². The molecule has 1 heterocycles. The van der Waals surface area contributed by atoms with Gasteiger partial charge in [0.05, 0.1) is 16.4 Å². The molecule has 11 heteroatoms. The van der Waals surface area contributed by atoms with Crippen LogP contribution in [0.25, 0.3) is 5.69 Å². The number of phenols is 1. The van der Waals surface area contributed by atoms with Crippen LogP contribution in [0.3, 0.4) is 0 Å². The fourth-order valence-corrected chi connectivity index (χ4v) is 3.27. The average molecular weight is 496 g/mol. The summed E-state index contributed by atoms with van der Waals surface area (Å²) in [6, 6.07) is 10.3. The van der Waals surface area contributed by atoms with E-state index in [0.717, 1.165) is 10.2 Å². The average Bonchev–Trinajstić information content (AvgIpc) is 3.19. The van der Waals surface area contributed by atoms with Crippen LogP contribution in [0.4, 0.5) is 0 Å². The first-order valence-corrected chi connectivity index (χ1v) is 9.07. The number of carbonyl (C=O) groups is 1. The predicted molar refractivity (Wildman–Crippen MR) is 104 cm³/mol. The first-order valence-electron chi connectivity index (χ1n) is 7.49. The Labute approximate surface area is 170 Å². The summed E-state index contributed by atoms with van der Waals surface area (Å²) in [5.41, 5.74) is 3.54. The van der Waals surface area contributed by atoms with Crippen molar-refractivity contribution < 1.29 is 14.6 Å². The minimum absolute atomic E-state index is 0.0233. The standard InChI is InChI=1S/C16H12Br2N6O3/c17-11-5-10(16(26)14(18)6-11)7-19-21-15(25)8-27-13-3-1-12(2-4-13)24-9-20-22-23-24/h1-7,9,26H,8H2,(H,21,25). The first kappa shape index (κ1) is 19.0.